The van der Waals surface area contributed by atoms with Gasteiger partial charge in [-0.25, -0.2) is 4.98 Å². The van der Waals surface area contributed by atoms with E-state index in [4.69, 9.17) is 27.9 Å². The first-order valence-electron chi connectivity index (χ1n) is 13.4. The van der Waals surface area contributed by atoms with Gasteiger partial charge in [0.25, 0.3) is 0 Å². The number of hydrogen-bond donors (Lipinski definition) is 2. The number of aryl methyl sites for hydroxylation is 1. The Morgan fingerprint density at radius 3 is 2.38 bits per heavy atom. The average Bonchev–Trinajstić information content (AvgIpc) is 2.87. The summed E-state index contributed by atoms with van der Waals surface area (Å²) in [7, 11) is 1.24. The molecule has 3 aromatic rings. The molecule has 0 saturated carbocycles. The molecule has 0 amide bonds. The highest BCUT2D eigenvalue weighted by molar-refractivity contribution is 7.70. The van der Waals surface area contributed by atoms with Crippen LogP contribution in [0.4, 0.5) is 28.8 Å². The molecule has 1 spiro atoms. The van der Waals surface area contributed by atoms with E-state index in [1.807, 2.05) is 38.1 Å². The summed E-state index contributed by atoms with van der Waals surface area (Å²) in [5.41, 5.74) is 4.79. The number of ether oxygens (including phenoxy) is 1. The van der Waals surface area contributed by atoms with Gasteiger partial charge in [0.05, 0.1) is 35.4 Å². The molecular weight excluding hydrogens is 566 g/mol. The molecule has 2 aliphatic heterocycles. The van der Waals surface area contributed by atoms with Crippen molar-refractivity contribution in [2.24, 2.45) is 5.41 Å². The molecule has 214 valence electrons. The van der Waals surface area contributed by atoms with Crippen LogP contribution in [0.2, 0.25) is 10.0 Å². The smallest absolute Gasteiger partial charge is 0.229 e. The Morgan fingerprint density at radius 2 is 1.73 bits per heavy atom. The molecule has 0 radical (unpaired) electrons. The predicted octanol–water partition coefficient (Wildman–Crippen LogP) is 6.68. The predicted molar refractivity (Wildman–Crippen MR) is 168 cm³/mol. The molecule has 2 fully saturated rings. The molecule has 2 N–H and O–H groups in total. The minimum Gasteiger partial charge on any atom is -0.494 e. The van der Waals surface area contributed by atoms with Gasteiger partial charge in [0.2, 0.25) is 5.95 Å². The molecule has 0 atom stereocenters. The summed E-state index contributed by atoms with van der Waals surface area (Å²) in [6.45, 7) is 11.8. The van der Waals surface area contributed by atoms with Crippen molar-refractivity contribution in [1.29, 1.82) is 0 Å². The molecule has 8 nitrogen and oxygen atoms in total. The zero-order valence-electron chi connectivity index (χ0n) is 23.9. The molecule has 1 aromatic heterocycles. The largest absolute Gasteiger partial charge is 0.494 e. The van der Waals surface area contributed by atoms with E-state index in [-0.39, 0.29) is 0 Å². The van der Waals surface area contributed by atoms with Gasteiger partial charge in [-0.2, -0.15) is 4.98 Å². The van der Waals surface area contributed by atoms with E-state index in [0.717, 1.165) is 48.3 Å². The molecule has 2 saturated heterocycles. The Labute approximate surface area is 246 Å². The number of methoxy groups -OCH3 is 1. The lowest BCUT2D eigenvalue weighted by atomic mass is 9.72. The highest BCUT2D eigenvalue weighted by atomic mass is 35.5. The van der Waals surface area contributed by atoms with Crippen LogP contribution < -0.4 is 25.6 Å². The molecular formula is C29H37Cl2N6O2P. The van der Waals surface area contributed by atoms with Crippen molar-refractivity contribution < 1.29 is 9.30 Å². The Balaban J connectivity index is 1.37. The van der Waals surface area contributed by atoms with Crippen LogP contribution in [0.15, 0.2) is 30.5 Å². The van der Waals surface area contributed by atoms with Crippen molar-refractivity contribution in [3.63, 3.8) is 0 Å². The van der Waals surface area contributed by atoms with Gasteiger partial charge in [-0.15, -0.1) is 0 Å². The van der Waals surface area contributed by atoms with Crippen LogP contribution in [0, 0.1) is 19.3 Å². The van der Waals surface area contributed by atoms with E-state index in [2.05, 4.69) is 37.4 Å². The SMILES string of the molecule is COc1cc(N2CC3(CCN(C)CC3)C2)c(Cl)cc1Nc1ncc(Cl)c(Nc2ccc(C)c(C)c2P(C)(C)=O)n1. The fourth-order valence-electron chi connectivity index (χ4n) is 5.75. The normalized spacial score (nSPS) is 17.1. The van der Waals surface area contributed by atoms with Gasteiger partial charge in [0.15, 0.2) is 5.82 Å². The van der Waals surface area contributed by atoms with Crippen molar-refractivity contribution in [2.75, 3.05) is 69.2 Å². The number of rotatable bonds is 7. The lowest BCUT2D eigenvalue weighted by Crippen LogP contribution is -2.60. The minimum absolute atomic E-state index is 0.324. The highest BCUT2D eigenvalue weighted by Gasteiger charge is 2.45. The van der Waals surface area contributed by atoms with Crippen molar-refractivity contribution in [2.45, 2.75) is 26.7 Å². The second-order valence-corrected chi connectivity index (χ2v) is 15.5. The van der Waals surface area contributed by atoms with E-state index >= 15 is 0 Å². The maximum Gasteiger partial charge on any atom is 0.229 e. The Hall–Kier alpha value is -2.51. The number of piperidine rings is 1. The summed E-state index contributed by atoms with van der Waals surface area (Å²) in [5.74, 6) is 1.37. The van der Waals surface area contributed by atoms with Crippen molar-refractivity contribution in [3.8, 4) is 5.75 Å². The molecule has 3 heterocycles. The zero-order chi connectivity index (χ0) is 28.8. The van der Waals surface area contributed by atoms with E-state index < -0.39 is 7.14 Å². The minimum atomic E-state index is -2.58. The lowest BCUT2D eigenvalue weighted by Gasteiger charge is -2.55. The molecule has 0 unspecified atom stereocenters. The number of likely N-dealkylation sites (tertiary alicyclic amines) is 1. The van der Waals surface area contributed by atoms with Crippen molar-refractivity contribution >= 4 is 64.5 Å². The monoisotopic (exact) mass is 602 g/mol. The van der Waals surface area contributed by atoms with E-state index in [0.29, 0.717) is 44.4 Å². The van der Waals surface area contributed by atoms with E-state index in [1.165, 1.54) is 19.0 Å². The maximum absolute atomic E-state index is 13.1. The molecule has 11 heteroatoms. The van der Waals surface area contributed by atoms with Gasteiger partial charge in [-0.3, -0.25) is 0 Å². The highest BCUT2D eigenvalue weighted by Crippen LogP contribution is 2.47. The fraction of sp³-hybridized carbons (Fsp3) is 0.448. The van der Waals surface area contributed by atoms with Crippen LogP contribution in [0.5, 0.6) is 5.75 Å². The first-order chi connectivity index (χ1) is 18.9. The molecule has 0 bridgehead atoms. The number of anilines is 5. The van der Waals surface area contributed by atoms with Gasteiger partial charge in [-0.1, -0.05) is 29.3 Å². The van der Waals surface area contributed by atoms with Gasteiger partial charge < -0.3 is 29.7 Å². The fourth-order valence-corrected chi connectivity index (χ4v) is 7.87. The Kier molecular flexibility index (Phi) is 8.01. The summed E-state index contributed by atoms with van der Waals surface area (Å²) in [6, 6.07) is 7.73. The average molecular weight is 604 g/mol. The topological polar surface area (TPSA) is 82.6 Å². The maximum atomic E-state index is 13.1. The van der Waals surface area contributed by atoms with Gasteiger partial charge in [0.1, 0.15) is 17.9 Å². The summed E-state index contributed by atoms with van der Waals surface area (Å²) >= 11 is 13.3. The Bertz CT molecular complexity index is 1480. The van der Waals surface area contributed by atoms with Gasteiger partial charge >= 0.3 is 0 Å². The standard InChI is InChI=1S/C29H37Cl2N6O2P/c1-18-7-8-22(26(19(18)2)40(5,6)38)33-27-21(31)15-32-28(35-27)34-23-13-20(30)24(14-25(23)39-4)37-16-29(17-37)9-11-36(3)12-10-29/h7-8,13-15H,9-12,16-17H2,1-6H3,(H2,32,33,34,35). The molecule has 5 rings (SSSR count). The van der Waals surface area contributed by atoms with Crippen molar-refractivity contribution in [3.05, 3.63) is 51.6 Å². The second-order valence-electron chi connectivity index (χ2n) is 11.6. The summed E-state index contributed by atoms with van der Waals surface area (Å²) < 4.78 is 18.9. The molecule has 2 aliphatic rings. The van der Waals surface area contributed by atoms with Crippen LogP contribution in [0.25, 0.3) is 0 Å². The number of hydrogen-bond acceptors (Lipinski definition) is 8. The number of nitrogens with one attached hydrogen (secondary N) is 2. The van der Waals surface area contributed by atoms with Crippen LogP contribution in [-0.4, -0.2) is 68.5 Å². The molecule has 40 heavy (non-hydrogen) atoms. The number of halogens is 2. The first-order valence-corrected chi connectivity index (χ1v) is 16.8. The quantitative estimate of drug-likeness (QED) is 0.290. The third-order valence-electron chi connectivity index (χ3n) is 8.19. The summed E-state index contributed by atoms with van der Waals surface area (Å²) in [6.07, 6.45) is 3.97. The number of benzene rings is 2. The Morgan fingerprint density at radius 1 is 1.02 bits per heavy atom. The van der Waals surface area contributed by atoms with Gasteiger partial charge in [-0.05, 0) is 83.4 Å². The summed E-state index contributed by atoms with van der Waals surface area (Å²) in [4.78, 5) is 13.7. The molecule has 0 aliphatic carbocycles. The summed E-state index contributed by atoms with van der Waals surface area (Å²) in [5, 5.41) is 8.30. The zero-order valence-corrected chi connectivity index (χ0v) is 26.3. The first kappa shape index (κ1) is 29.0. The third-order valence-corrected chi connectivity index (χ3v) is 10.4. The van der Waals surface area contributed by atoms with Crippen LogP contribution in [0.3, 0.4) is 0 Å². The third kappa shape index (κ3) is 5.78. The number of nitrogens with zero attached hydrogens (tertiary/aromatic N) is 4. The van der Waals surface area contributed by atoms with E-state index in [1.54, 1.807) is 20.4 Å². The van der Waals surface area contributed by atoms with Crippen LogP contribution in [-0.2, 0) is 4.57 Å². The van der Waals surface area contributed by atoms with E-state index in [9.17, 15) is 4.57 Å². The van der Waals surface area contributed by atoms with Gasteiger partial charge in [0, 0.05) is 29.9 Å². The number of aromatic nitrogens is 2. The van der Waals surface area contributed by atoms with Crippen LogP contribution >= 0.6 is 30.3 Å². The second kappa shape index (κ2) is 11.1. The lowest BCUT2D eigenvalue weighted by molar-refractivity contribution is 0.0906. The molecule has 2 aromatic carbocycles. The van der Waals surface area contributed by atoms with Crippen molar-refractivity contribution in [1.82, 2.24) is 14.9 Å². The van der Waals surface area contributed by atoms with Crippen LogP contribution in [0.1, 0.15) is 24.0 Å².